The third-order valence-corrected chi connectivity index (χ3v) is 6.11. The molecule has 0 aliphatic heterocycles. The molecule has 0 aliphatic rings. The molecule has 0 saturated heterocycles. The molecule has 0 unspecified atom stereocenters. The molecular weight excluding hydrogens is 448 g/mol. The van der Waals surface area contributed by atoms with E-state index in [0.717, 1.165) is 33.8 Å². The fourth-order valence-corrected chi connectivity index (χ4v) is 4.13. The van der Waals surface area contributed by atoms with E-state index >= 15 is 0 Å². The number of ether oxygens (including phenoxy) is 1. The molecule has 3 N–H and O–H groups in total. The Morgan fingerprint density at radius 3 is 1.78 bits per heavy atom. The lowest BCUT2D eigenvalue weighted by atomic mass is 9.84. The van der Waals surface area contributed by atoms with Crippen LogP contribution in [0.15, 0.2) is 97.1 Å². The van der Waals surface area contributed by atoms with Crippen molar-refractivity contribution >= 4 is 28.8 Å². The molecule has 4 rings (SSSR count). The maximum atomic E-state index is 12.9. The summed E-state index contributed by atoms with van der Waals surface area (Å²) in [6.45, 7) is 0. The summed E-state index contributed by atoms with van der Waals surface area (Å²) in [5.74, 6) is 0.368. The average Bonchev–Trinajstić information content (AvgIpc) is 2.91. The smallest absolute Gasteiger partial charge is 0.410 e. The zero-order valence-electron chi connectivity index (χ0n) is 21.1. The number of nitrogens with zero attached hydrogens (tertiary/aromatic N) is 1. The maximum Gasteiger partial charge on any atom is 0.417 e. The van der Waals surface area contributed by atoms with Crippen molar-refractivity contribution in [2.45, 2.75) is 5.92 Å². The van der Waals surface area contributed by atoms with E-state index in [9.17, 15) is 4.79 Å². The van der Waals surface area contributed by atoms with Gasteiger partial charge in [-0.2, -0.15) is 0 Å². The van der Waals surface area contributed by atoms with E-state index < -0.39 is 6.09 Å². The molecule has 36 heavy (non-hydrogen) atoms. The first-order valence-electron chi connectivity index (χ1n) is 11.9. The van der Waals surface area contributed by atoms with Crippen LogP contribution in [0.5, 0.6) is 5.75 Å². The van der Waals surface area contributed by atoms with Crippen LogP contribution in [-0.4, -0.2) is 34.3 Å². The second-order valence-corrected chi connectivity index (χ2v) is 8.67. The highest BCUT2D eigenvalue weighted by atomic mass is 16.6. The number of benzene rings is 4. The normalized spacial score (nSPS) is 10.6. The zero-order valence-corrected chi connectivity index (χ0v) is 21.1. The first kappa shape index (κ1) is 24.7. The van der Waals surface area contributed by atoms with Crippen molar-refractivity contribution < 1.29 is 9.53 Å². The molecule has 0 aliphatic carbocycles. The molecule has 184 valence electrons. The van der Waals surface area contributed by atoms with Crippen LogP contribution in [0.4, 0.5) is 27.5 Å². The molecule has 6 heteroatoms. The van der Waals surface area contributed by atoms with Gasteiger partial charge >= 0.3 is 6.09 Å². The molecule has 0 heterocycles. The third-order valence-electron chi connectivity index (χ3n) is 6.11. The second-order valence-electron chi connectivity index (χ2n) is 8.67. The molecule has 0 spiro atoms. The highest BCUT2D eigenvalue weighted by Crippen LogP contribution is 2.40. The molecule has 0 saturated carbocycles. The van der Waals surface area contributed by atoms with Gasteiger partial charge in [0.25, 0.3) is 0 Å². The maximum absolute atomic E-state index is 12.9. The molecular formula is C30H32N4O2. The number of amides is 1. The van der Waals surface area contributed by atoms with Gasteiger partial charge in [0.15, 0.2) is 0 Å². The summed E-state index contributed by atoms with van der Waals surface area (Å²) in [7, 11) is 7.74. The van der Waals surface area contributed by atoms with Crippen molar-refractivity contribution in [2.24, 2.45) is 0 Å². The van der Waals surface area contributed by atoms with Gasteiger partial charge in [-0.05, 0) is 53.6 Å². The van der Waals surface area contributed by atoms with Crippen LogP contribution in [0.1, 0.15) is 22.6 Å². The minimum atomic E-state index is -0.534. The number of para-hydroxylation sites is 1. The van der Waals surface area contributed by atoms with Gasteiger partial charge in [0.05, 0.1) is 0 Å². The Kier molecular flexibility index (Phi) is 7.75. The monoisotopic (exact) mass is 480 g/mol. The van der Waals surface area contributed by atoms with Crippen molar-refractivity contribution in [2.75, 3.05) is 49.0 Å². The molecule has 0 atom stereocenters. The number of nitrogens with one attached hydrogen (secondary N) is 3. The topological polar surface area (TPSA) is 65.6 Å². The van der Waals surface area contributed by atoms with Gasteiger partial charge in [0.1, 0.15) is 5.75 Å². The fourth-order valence-electron chi connectivity index (χ4n) is 4.13. The van der Waals surface area contributed by atoms with Crippen molar-refractivity contribution in [3.05, 3.63) is 114 Å². The Bertz CT molecular complexity index is 1240. The Morgan fingerprint density at radius 2 is 1.28 bits per heavy atom. The second kappa shape index (κ2) is 11.3. The van der Waals surface area contributed by atoms with E-state index in [0.29, 0.717) is 11.4 Å². The van der Waals surface area contributed by atoms with Crippen LogP contribution < -0.4 is 25.6 Å². The average molecular weight is 481 g/mol. The minimum absolute atomic E-state index is 0.141. The van der Waals surface area contributed by atoms with E-state index in [1.165, 1.54) is 0 Å². The summed E-state index contributed by atoms with van der Waals surface area (Å²) in [6.07, 6.45) is -0.534. The standard InChI is InChI=1S/C30H32N4O2/c1-31-23-14-10-21(11-15-23)29(22-12-16-24(32-2)17-13-22)27-19-18-26(34(3)4)20-28(27)36-30(35)33-25-8-6-5-7-9-25/h5-20,29,31-32H,1-4H3,(H,33,35). The quantitative estimate of drug-likeness (QED) is 0.247. The van der Waals surface area contributed by atoms with Crippen LogP contribution in [-0.2, 0) is 0 Å². The predicted octanol–water partition coefficient (Wildman–Crippen LogP) is 6.63. The molecule has 4 aromatic carbocycles. The molecule has 6 nitrogen and oxygen atoms in total. The van der Waals surface area contributed by atoms with Crippen LogP contribution in [0.3, 0.4) is 0 Å². The predicted molar refractivity (Wildman–Crippen MR) is 150 cm³/mol. The number of carbonyl (C=O) groups excluding carboxylic acids is 1. The summed E-state index contributed by atoms with van der Waals surface area (Å²) in [5, 5.41) is 9.18. The Labute approximate surface area is 212 Å². The zero-order chi connectivity index (χ0) is 25.5. The van der Waals surface area contributed by atoms with Gasteiger partial charge < -0.3 is 20.3 Å². The van der Waals surface area contributed by atoms with Gasteiger partial charge in [0, 0.05) is 68.5 Å². The van der Waals surface area contributed by atoms with Gasteiger partial charge in [-0.15, -0.1) is 0 Å². The van der Waals surface area contributed by atoms with Gasteiger partial charge in [0.2, 0.25) is 0 Å². The Hall–Kier alpha value is -4.45. The molecule has 0 fully saturated rings. The van der Waals surface area contributed by atoms with Crippen LogP contribution in [0.25, 0.3) is 0 Å². The van der Waals surface area contributed by atoms with Crippen molar-refractivity contribution in [1.29, 1.82) is 0 Å². The summed E-state index contributed by atoms with van der Waals surface area (Å²) in [4.78, 5) is 14.9. The van der Waals surface area contributed by atoms with Crippen LogP contribution >= 0.6 is 0 Å². The van der Waals surface area contributed by atoms with E-state index in [4.69, 9.17) is 4.74 Å². The number of rotatable bonds is 8. The summed E-state index contributed by atoms with van der Waals surface area (Å²) >= 11 is 0. The van der Waals surface area contributed by atoms with Crippen molar-refractivity contribution in [3.8, 4) is 5.75 Å². The van der Waals surface area contributed by atoms with E-state index in [1.807, 2.05) is 81.6 Å². The summed E-state index contributed by atoms with van der Waals surface area (Å²) in [5.41, 5.74) is 6.77. The lowest BCUT2D eigenvalue weighted by molar-refractivity contribution is 0.214. The fraction of sp³-hybridized carbons (Fsp3) is 0.167. The number of carbonyl (C=O) groups is 1. The Morgan fingerprint density at radius 1 is 0.722 bits per heavy atom. The molecule has 1 amide bonds. The summed E-state index contributed by atoms with van der Waals surface area (Å²) in [6, 6.07) is 32.0. The highest BCUT2D eigenvalue weighted by Gasteiger charge is 2.23. The first-order chi connectivity index (χ1) is 17.5. The molecule has 0 bridgehead atoms. The van der Waals surface area contributed by atoms with Crippen LogP contribution in [0, 0.1) is 0 Å². The molecule has 0 aromatic heterocycles. The largest absolute Gasteiger partial charge is 0.417 e. The first-order valence-corrected chi connectivity index (χ1v) is 11.9. The van der Waals surface area contributed by atoms with E-state index in [-0.39, 0.29) is 5.92 Å². The molecule has 4 aromatic rings. The van der Waals surface area contributed by atoms with Crippen molar-refractivity contribution in [1.82, 2.24) is 0 Å². The lowest BCUT2D eigenvalue weighted by Gasteiger charge is -2.24. The van der Waals surface area contributed by atoms with Gasteiger partial charge in [-0.25, -0.2) is 4.79 Å². The lowest BCUT2D eigenvalue weighted by Crippen LogP contribution is -2.19. The number of anilines is 4. The number of hydrogen-bond donors (Lipinski definition) is 3. The van der Waals surface area contributed by atoms with Crippen molar-refractivity contribution in [3.63, 3.8) is 0 Å². The van der Waals surface area contributed by atoms with E-state index in [1.54, 1.807) is 0 Å². The van der Waals surface area contributed by atoms with Crippen LogP contribution in [0.2, 0.25) is 0 Å². The van der Waals surface area contributed by atoms with Gasteiger partial charge in [-0.1, -0.05) is 48.5 Å². The third kappa shape index (κ3) is 5.78. The Balaban J connectivity index is 1.79. The SMILES string of the molecule is CNc1ccc(C(c2ccc(NC)cc2)c2ccc(N(C)C)cc2OC(=O)Nc2ccccc2)cc1. The summed E-state index contributed by atoms with van der Waals surface area (Å²) < 4.78 is 5.95. The minimum Gasteiger partial charge on any atom is -0.410 e. The highest BCUT2D eigenvalue weighted by molar-refractivity contribution is 5.86. The van der Waals surface area contributed by atoms with E-state index in [2.05, 4.69) is 64.5 Å². The van der Waals surface area contributed by atoms with Gasteiger partial charge in [-0.3, -0.25) is 5.32 Å². The molecule has 0 radical (unpaired) electrons. The number of hydrogen-bond acceptors (Lipinski definition) is 5.